The number of hydrogen-bond donors (Lipinski definition) is 1. The molecule has 0 saturated heterocycles. The zero-order chi connectivity index (χ0) is 17.4. The lowest BCUT2D eigenvalue weighted by molar-refractivity contribution is 0.285. The first-order chi connectivity index (χ1) is 12.1. The van der Waals surface area contributed by atoms with Crippen LogP contribution in [-0.4, -0.2) is 30.9 Å². The molecule has 0 aromatic heterocycles. The summed E-state index contributed by atoms with van der Waals surface area (Å²) in [5, 5.41) is 3.29. The van der Waals surface area contributed by atoms with Crippen LogP contribution in [0.2, 0.25) is 0 Å². The van der Waals surface area contributed by atoms with E-state index in [0.717, 1.165) is 59.2 Å². The van der Waals surface area contributed by atoms with Gasteiger partial charge in [0.15, 0.2) is 0 Å². The molecule has 0 unspecified atom stereocenters. The maximum absolute atomic E-state index is 13.9. The molecule has 0 fully saturated rings. The summed E-state index contributed by atoms with van der Waals surface area (Å²) in [5.74, 6) is 1.55. The minimum Gasteiger partial charge on any atom is -0.497 e. The van der Waals surface area contributed by atoms with Crippen molar-refractivity contribution in [2.24, 2.45) is 4.99 Å². The van der Waals surface area contributed by atoms with E-state index in [2.05, 4.69) is 16.8 Å². The van der Waals surface area contributed by atoms with Gasteiger partial charge in [0.2, 0.25) is 0 Å². The molecule has 25 heavy (non-hydrogen) atoms. The summed E-state index contributed by atoms with van der Waals surface area (Å²) in [6.07, 6.45) is 0.726. The van der Waals surface area contributed by atoms with Gasteiger partial charge in [-0.25, -0.2) is 9.38 Å². The van der Waals surface area contributed by atoms with E-state index in [1.54, 1.807) is 13.2 Å². The van der Waals surface area contributed by atoms with Crippen LogP contribution in [0.5, 0.6) is 5.75 Å². The predicted octanol–water partition coefficient (Wildman–Crippen LogP) is 3.50. The van der Waals surface area contributed by atoms with Crippen molar-refractivity contribution in [3.8, 4) is 5.75 Å². The number of ether oxygens (including phenoxy) is 1. The van der Waals surface area contributed by atoms with Gasteiger partial charge in [-0.15, -0.1) is 0 Å². The predicted molar refractivity (Wildman–Crippen MR) is 97.6 cm³/mol. The molecule has 0 saturated carbocycles. The van der Waals surface area contributed by atoms with E-state index in [9.17, 15) is 4.39 Å². The van der Waals surface area contributed by atoms with Gasteiger partial charge in [0, 0.05) is 24.4 Å². The Bertz CT molecular complexity index is 875. The number of amidine groups is 1. The fraction of sp³-hybridized carbons (Fsp3) is 0.250. The Balaban J connectivity index is 1.54. The van der Waals surface area contributed by atoms with Crippen LogP contribution >= 0.6 is 0 Å². The third kappa shape index (κ3) is 3.03. The van der Waals surface area contributed by atoms with Gasteiger partial charge in [0.1, 0.15) is 17.4 Å². The molecule has 2 aliphatic rings. The van der Waals surface area contributed by atoms with Crippen molar-refractivity contribution in [1.29, 1.82) is 0 Å². The Morgan fingerprint density at radius 3 is 3.04 bits per heavy atom. The molecular weight excluding hydrogens is 317 g/mol. The second kappa shape index (κ2) is 6.33. The third-order valence-electron chi connectivity index (χ3n) is 4.74. The van der Waals surface area contributed by atoms with E-state index in [1.807, 2.05) is 24.3 Å². The van der Waals surface area contributed by atoms with Crippen LogP contribution in [-0.2, 0) is 13.0 Å². The quantitative estimate of drug-likeness (QED) is 0.931. The zero-order valence-corrected chi connectivity index (χ0v) is 14.2. The molecule has 0 amide bonds. The fourth-order valence-electron chi connectivity index (χ4n) is 3.44. The maximum Gasteiger partial charge on any atom is 0.126 e. The second-order valence-electron chi connectivity index (χ2n) is 6.38. The molecule has 2 aliphatic heterocycles. The van der Waals surface area contributed by atoms with Crippen LogP contribution in [0, 0.1) is 5.82 Å². The Hall–Kier alpha value is -2.66. The molecule has 128 valence electrons. The molecule has 2 aromatic carbocycles. The maximum atomic E-state index is 13.9. The lowest BCUT2D eigenvalue weighted by Crippen LogP contribution is -2.40. The molecule has 2 aromatic rings. The van der Waals surface area contributed by atoms with Crippen molar-refractivity contribution < 1.29 is 9.13 Å². The topological polar surface area (TPSA) is 36.9 Å². The van der Waals surface area contributed by atoms with E-state index in [0.29, 0.717) is 6.54 Å². The normalized spacial score (nSPS) is 16.6. The van der Waals surface area contributed by atoms with Gasteiger partial charge in [-0.05, 0) is 41.8 Å². The van der Waals surface area contributed by atoms with Gasteiger partial charge in [-0.1, -0.05) is 18.7 Å². The number of aliphatic imine (C=N–C) groups is 1. The van der Waals surface area contributed by atoms with E-state index in [4.69, 9.17) is 9.73 Å². The Morgan fingerprint density at radius 2 is 2.20 bits per heavy atom. The Morgan fingerprint density at radius 1 is 1.32 bits per heavy atom. The van der Waals surface area contributed by atoms with Crippen molar-refractivity contribution in [3.63, 3.8) is 0 Å². The summed E-state index contributed by atoms with van der Waals surface area (Å²) in [4.78, 5) is 6.99. The SMILES string of the molecule is C=C1NC(CN2CCc3c(F)cccc3C2)=Nc2ccc(OC)cc21. The molecular formula is C20H20FN3O. The standard InChI is InChI=1S/C20H20FN3O/c1-13-17-10-15(25-2)6-7-19(17)23-20(22-13)12-24-9-8-16-14(11-24)4-3-5-18(16)21/h3-7,10H,1,8-9,11-12H2,2H3,(H,22,23). The number of halogens is 1. The zero-order valence-electron chi connectivity index (χ0n) is 14.2. The van der Waals surface area contributed by atoms with Gasteiger partial charge in [-0.2, -0.15) is 0 Å². The van der Waals surface area contributed by atoms with Crippen molar-refractivity contribution in [2.45, 2.75) is 13.0 Å². The number of fused-ring (bicyclic) bond motifs is 2. The highest BCUT2D eigenvalue weighted by atomic mass is 19.1. The molecule has 0 atom stereocenters. The average molecular weight is 337 g/mol. The molecule has 2 heterocycles. The van der Waals surface area contributed by atoms with E-state index < -0.39 is 0 Å². The molecule has 1 N–H and O–H groups in total. The molecule has 0 bridgehead atoms. The third-order valence-corrected chi connectivity index (χ3v) is 4.74. The van der Waals surface area contributed by atoms with E-state index >= 15 is 0 Å². The first-order valence-electron chi connectivity index (χ1n) is 8.34. The summed E-state index contributed by atoms with van der Waals surface area (Å²) in [6, 6.07) is 11.1. The summed E-state index contributed by atoms with van der Waals surface area (Å²) in [5.41, 5.74) is 4.57. The lowest BCUT2D eigenvalue weighted by atomic mass is 9.99. The average Bonchev–Trinajstić information content (AvgIpc) is 2.62. The van der Waals surface area contributed by atoms with Crippen molar-refractivity contribution >= 4 is 17.2 Å². The fourth-order valence-corrected chi connectivity index (χ4v) is 3.44. The number of nitrogens with one attached hydrogen (secondary N) is 1. The Kier molecular flexibility index (Phi) is 4.01. The van der Waals surface area contributed by atoms with Crippen LogP contribution in [0.1, 0.15) is 16.7 Å². The highest BCUT2D eigenvalue weighted by Gasteiger charge is 2.22. The number of rotatable bonds is 3. The molecule has 4 nitrogen and oxygen atoms in total. The minimum absolute atomic E-state index is 0.0958. The van der Waals surface area contributed by atoms with Gasteiger partial charge < -0.3 is 10.1 Å². The highest BCUT2D eigenvalue weighted by molar-refractivity contribution is 5.98. The lowest BCUT2D eigenvalue weighted by Gasteiger charge is -2.30. The smallest absolute Gasteiger partial charge is 0.126 e. The molecule has 0 spiro atoms. The number of methoxy groups -OCH3 is 1. The van der Waals surface area contributed by atoms with Crippen LogP contribution in [0.3, 0.4) is 0 Å². The highest BCUT2D eigenvalue weighted by Crippen LogP contribution is 2.31. The first-order valence-corrected chi connectivity index (χ1v) is 8.34. The molecule has 0 radical (unpaired) electrons. The number of benzene rings is 2. The molecule has 5 heteroatoms. The summed E-state index contributed by atoms with van der Waals surface area (Å²) in [7, 11) is 1.65. The summed E-state index contributed by atoms with van der Waals surface area (Å²) < 4.78 is 19.1. The van der Waals surface area contributed by atoms with E-state index in [1.165, 1.54) is 6.07 Å². The van der Waals surface area contributed by atoms with Gasteiger partial charge in [0.05, 0.1) is 19.3 Å². The summed E-state index contributed by atoms with van der Waals surface area (Å²) in [6.45, 7) is 6.34. The number of hydrogen-bond acceptors (Lipinski definition) is 4. The number of nitrogens with zero attached hydrogens (tertiary/aromatic N) is 2. The largest absolute Gasteiger partial charge is 0.497 e. The van der Waals surface area contributed by atoms with Crippen LogP contribution < -0.4 is 10.1 Å². The van der Waals surface area contributed by atoms with Crippen molar-refractivity contribution in [1.82, 2.24) is 10.2 Å². The molecule has 0 aliphatic carbocycles. The van der Waals surface area contributed by atoms with Gasteiger partial charge >= 0.3 is 0 Å². The second-order valence-corrected chi connectivity index (χ2v) is 6.38. The van der Waals surface area contributed by atoms with Crippen LogP contribution in [0.4, 0.5) is 10.1 Å². The van der Waals surface area contributed by atoms with Crippen LogP contribution in [0.15, 0.2) is 48.0 Å². The van der Waals surface area contributed by atoms with Crippen molar-refractivity contribution in [3.05, 3.63) is 65.5 Å². The van der Waals surface area contributed by atoms with E-state index in [-0.39, 0.29) is 5.82 Å². The first kappa shape index (κ1) is 15.8. The van der Waals surface area contributed by atoms with Gasteiger partial charge in [-0.3, -0.25) is 4.90 Å². The van der Waals surface area contributed by atoms with Crippen LogP contribution in [0.25, 0.3) is 5.70 Å². The van der Waals surface area contributed by atoms with Crippen molar-refractivity contribution in [2.75, 3.05) is 20.2 Å². The monoisotopic (exact) mass is 337 g/mol. The Labute approximate surface area is 146 Å². The van der Waals surface area contributed by atoms with Gasteiger partial charge in [0.25, 0.3) is 0 Å². The minimum atomic E-state index is -0.0958. The molecule has 4 rings (SSSR count). The summed E-state index contributed by atoms with van der Waals surface area (Å²) >= 11 is 0.